The Balaban J connectivity index is 2.80. The zero-order chi connectivity index (χ0) is 15.3. The molecule has 1 aromatic carbocycles. The standard InChI is InChI=1S/C14H20N2O3S/c1-9(2)16(3)13(17)8-19-12-6-10(14(15)20)5-11(7-12)18-4/h5-7,9H,8H2,1-4H3,(H2,15,20). The molecule has 0 aliphatic rings. The molecule has 0 aliphatic carbocycles. The smallest absolute Gasteiger partial charge is 0.260 e. The van der Waals surface area contributed by atoms with Crippen LogP contribution in [0.5, 0.6) is 11.5 Å². The molecular formula is C14H20N2O3S. The number of carbonyl (C=O) groups excluding carboxylic acids is 1. The third-order valence-electron chi connectivity index (χ3n) is 2.93. The van der Waals surface area contributed by atoms with Crippen LogP contribution in [0, 0.1) is 0 Å². The molecule has 0 radical (unpaired) electrons. The first-order valence-corrected chi connectivity index (χ1v) is 6.63. The lowest BCUT2D eigenvalue weighted by atomic mass is 10.2. The zero-order valence-corrected chi connectivity index (χ0v) is 13.0. The number of methoxy groups -OCH3 is 1. The summed E-state index contributed by atoms with van der Waals surface area (Å²) in [5, 5.41) is 0. The van der Waals surface area contributed by atoms with Gasteiger partial charge in [-0.05, 0) is 26.0 Å². The number of rotatable bonds is 6. The van der Waals surface area contributed by atoms with Crippen molar-refractivity contribution in [2.45, 2.75) is 19.9 Å². The molecule has 1 aromatic rings. The Morgan fingerprint density at radius 1 is 1.35 bits per heavy atom. The molecule has 0 aromatic heterocycles. The summed E-state index contributed by atoms with van der Waals surface area (Å²) in [6.07, 6.45) is 0. The summed E-state index contributed by atoms with van der Waals surface area (Å²) in [6.45, 7) is 3.83. The normalized spacial score (nSPS) is 10.2. The van der Waals surface area contributed by atoms with E-state index in [1.54, 1.807) is 37.3 Å². The number of hydrogen-bond donors (Lipinski definition) is 1. The minimum Gasteiger partial charge on any atom is -0.497 e. The summed E-state index contributed by atoms with van der Waals surface area (Å²) >= 11 is 4.93. The van der Waals surface area contributed by atoms with Gasteiger partial charge in [-0.15, -0.1) is 0 Å². The molecule has 2 N–H and O–H groups in total. The first kappa shape index (κ1) is 16.2. The van der Waals surface area contributed by atoms with E-state index < -0.39 is 0 Å². The highest BCUT2D eigenvalue weighted by molar-refractivity contribution is 7.80. The van der Waals surface area contributed by atoms with Crippen LogP contribution in [0.4, 0.5) is 0 Å². The van der Waals surface area contributed by atoms with Crippen molar-refractivity contribution in [3.63, 3.8) is 0 Å². The van der Waals surface area contributed by atoms with Gasteiger partial charge < -0.3 is 20.1 Å². The van der Waals surface area contributed by atoms with E-state index in [-0.39, 0.29) is 23.5 Å². The largest absolute Gasteiger partial charge is 0.497 e. The van der Waals surface area contributed by atoms with E-state index in [0.29, 0.717) is 17.1 Å². The summed E-state index contributed by atoms with van der Waals surface area (Å²) in [7, 11) is 3.28. The lowest BCUT2D eigenvalue weighted by Crippen LogP contribution is -2.36. The minimum absolute atomic E-state index is 0.0430. The molecule has 0 aliphatic heterocycles. The van der Waals surface area contributed by atoms with Crippen LogP contribution in [0.15, 0.2) is 18.2 Å². The number of carbonyl (C=O) groups is 1. The Labute approximate surface area is 124 Å². The number of benzene rings is 1. The SMILES string of the molecule is COc1cc(OCC(=O)N(C)C(C)C)cc(C(N)=S)c1. The summed E-state index contributed by atoms with van der Waals surface area (Å²) < 4.78 is 10.6. The van der Waals surface area contributed by atoms with Gasteiger partial charge in [0, 0.05) is 24.7 Å². The highest BCUT2D eigenvalue weighted by atomic mass is 32.1. The lowest BCUT2D eigenvalue weighted by Gasteiger charge is -2.21. The van der Waals surface area contributed by atoms with Crippen molar-refractivity contribution in [2.75, 3.05) is 20.8 Å². The van der Waals surface area contributed by atoms with Gasteiger partial charge in [0.15, 0.2) is 6.61 Å². The summed E-state index contributed by atoms with van der Waals surface area (Å²) in [6, 6.07) is 5.22. The maximum atomic E-state index is 11.9. The monoisotopic (exact) mass is 296 g/mol. The van der Waals surface area contributed by atoms with Gasteiger partial charge in [0.05, 0.1) is 7.11 Å². The van der Waals surface area contributed by atoms with Gasteiger partial charge >= 0.3 is 0 Å². The predicted octanol–water partition coefficient (Wildman–Crippen LogP) is 1.57. The molecule has 0 bridgehead atoms. The fourth-order valence-corrected chi connectivity index (χ4v) is 1.57. The summed E-state index contributed by atoms with van der Waals surface area (Å²) in [5.74, 6) is 0.979. The van der Waals surface area contributed by atoms with Crippen LogP contribution in [0.3, 0.4) is 0 Å². The second-order valence-electron chi connectivity index (χ2n) is 4.65. The van der Waals surface area contributed by atoms with Crippen molar-refractivity contribution in [3.05, 3.63) is 23.8 Å². The molecule has 1 rings (SSSR count). The Hall–Kier alpha value is -1.82. The molecule has 1 amide bonds. The van der Waals surface area contributed by atoms with E-state index in [1.165, 1.54) is 0 Å². The third kappa shape index (κ3) is 4.38. The number of thiocarbonyl (C=S) groups is 1. The first-order valence-electron chi connectivity index (χ1n) is 6.22. The van der Waals surface area contributed by atoms with E-state index in [4.69, 9.17) is 27.4 Å². The molecule has 0 spiro atoms. The molecular weight excluding hydrogens is 276 g/mol. The van der Waals surface area contributed by atoms with Crippen LogP contribution in [-0.4, -0.2) is 42.6 Å². The van der Waals surface area contributed by atoms with Crippen molar-refractivity contribution in [1.82, 2.24) is 4.90 Å². The molecule has 0 saturated carbocycles. The van der Waals surface area contributed by atoms with Crippen molar-refractivity contribution < 1.29 is 14.3 Å². The van der Waals surface area contributed by atoms with Crippen LogP contribution in [0.2, 0.25) is 0 Å². The Kier molecular flexibility index (Phi) is 5.76. The zero-order valence-electron chi connectivity index (χ0n) is 12.2. The van der Waals surface area contributed by atoms with E-state index in [9.17, 15) is 4.79 Å². The Bertz CT molecular complexity index is 503. The predicted molar refractivity (Wildman–Crippen MR) is 82.3 cm³/mol. The topological polar surface area (TPSA) is 64.8 Å². The maximum absolute atomic E-state index is 11.9. The van der Waals surface area contributed by atoms with E-state index >= 15 is 0 Å². The first-order chi connectivity index (χ1) is 9.35. The van der Waals surface area contributed by atoms with E-state index in [2.05, 4.69) is 0 Å². The molecule has 0 heterocycles. The van der Waals surface area contributed by atoms with Gasteiger partial charge in [-0.3, -0.25) is 4.79 Å². The second kappa shape index (κ2) is 7.09. The third-order valence-corrected chi connectivity index (χ3v) is 3.17. The fourth-order valence-electron chi connectivity index (χ4n) is 1.45. The summed E-state index contributed by atoms with van der Waals surface area (Å²) in [4.78, 5) is 13.7. The fraction of sp³-hybridized carbons (Fsp3) is 0.429. The van der Waals surface area contributed by atoms with Gasteiger partial charge in [0.2, 0.25) is 0 Å². The van der Waals surface area contributed by atoms with Crippen molar-refractivity contribution >= 4 is 23.1 Å². The molecule has 6 heteroatoms. The molecule has 0 atom stereocenters. The van der Waals surface area contributed by atoms with Crippen LogP contribution < -0.4 is 15.2 Å². The van der Waals surface area contributed by atoms with E-state index in [0.717, 1.165) is 0 Å². The number of likely N-dealkylation sites (N-methyl/N-ethyl adjacent to an activating group) is 1. The maximum Gasteiger partial charge on any atom is 0.260 e. The van der Waals surface area contributed by atoms with Crippen LogP contribution in [0.1, 0.15) is 19.4 Å². The van der Waals surface area contributed by atoms with E-state index in [1.807, 2.05) is 13.8 Å². The number of hydrogen-bond acceptors (Lipinski definition) is 4. The van der Waals surface area contributed by atoms with Gasteiger partial charge in [0.1, 0.15) is 16.5 Å². The average Bonchev–Trinajstić information content (AvgIpc) is 2.43. The lowest BCUT2D eigenvalue weighted by molar-refractivity contribution is -0.133. The number of nitrogens with zero attached hydrogens (tertiary/aromatic N) is 1. The molecule has 110 valence electrons. The van der Waals surface area contributed by atoms with Crippen LogP contribution in [-0.2, 0) is 4.79 Å². The average molecular weight is 296 g/mol. The van der Waals surface area contributed by atoms with Crippen LogP contribution in [0.25, 0.3) is 0 Å². The van der Waals surface area contributed by atoms with Crippen molar-refractivity contribution in [2.24, 2.45) is 5.73 Å². The highest BCUT2D eigenvalue weighted by Crippen LogP contribution is 2.22. The molecule has 20 heavy (non-hydrogen) atoms. The molecule has 0 saturated heterocycles. The number of ether oxygens (including phenoxy) is 2. The molecule has 0 fully saturated rings. The Morgan fingerprint density at radius 2 is 1.95 bits per heavy atom. The van der Waals surface area contributed by atoms with Crippen LogP contribution >= 0.6 is 12.2 Å². The van der Waals surface area contributed by atoms with Gasteiger partial charge in [-0.25, -0.2) is 0 Å². The highest BCUT2D eigenvalue weighted by Gasteiger charge is 2.13. The van der Waals surface area contributed by atoms with Gasteiger partial charge in [0.25, 0.3) is 5.91 Å². The Morgan fingerprint density at radius 3 is 2.45 bits per heavy atom. The summed E-state index contributed by atoms with van der Waals surface area (Å²) in [5.41, 5.74) is 6.23. The number of nitrogens with two attached hydrogens (primary N) is 1. The van der Waals surface area contributed by atoms with Crippen molar-refractivity contribution in [3.8, 4) is 11.5 Å². The van der Waals surface area contributed by atoms with Gasteiger partial charge in [-0.2, -0.15) is 0 Å². The van der Waals surface area contributed by atoms with Crippen molar-refractivity contribution in [1.29, 1.82) is 0 Å². The quantitative estimate of drug-likeness (QED) is 0.807. The molecule has 5 nitrogen and oxygen atoms in total. The minimum atomic E-state index is -0.0975. The number of amides is 1. The van der Waals surface area contributed by atoms with Gasteiger partial charge in [-0.1, -0.05) is 12.2 Å². The molecule has 0 unspecified atom stereocenters. The second-order valence-corrected chi connectivity index (χ2v) is 5.09.